The molecule has 2 amide bonds. The molecule has 0 radical (unpaired) electrons. The molecule has 0 aromatic heterocycles. The zero-order valence-electron chi connectivity index (χ0n) is 16.4. The summed E-state index contributed by atoms with van der Waals surface area (Å²) in [6, 6.07) is 11.5. The first kappa shape index (κ1) is 23.5. The molecule has 5 nitrogen and oxygen atoms in total. The third kappa shape index (κ3) is 7.21. The van der Waals surface area contributed by atoms with Gasteiger partial charge < -0.3 is 15.0 Å². The summed E-state index contributed by atoms with van der Waals surface area (Å²) in [5.41, 5.74) is 0.861. The van der Waals surface area contributed by atoms with Gasteiger partial charge in [-0.1, -0.05) is 35.3 Å². The number of nitrogens with one attached hydrogen (secondary N) is 1. The first-order valence-electron chi connectivity index (χ1n) is 9.09. The first-order chi connectivity index (χ1) is 13.7. The molecule has 156 valence electrons. The molecule has 0 aliphatic heterocycles. The molecule has 0 aliphatic carbocycles. The summed E-state index contributed by atoms with van der Waals surface area (Å²) in [5.74, 6) is -0.0447. The van der Waals surface area contributed by atoms with Gasteiger partial charge in [0.2, 0.25) is 5.91 Å². The average molecular weight is 502 g/mol. The normalized spacial score (nSPS) is 11.8. The van der Waals surface area contributed by atoms with Crippen molar-refractivity contribution >= 4 is 50.9 Å². The van der Waals surface area contributed by atoms with Crippen LogP contribution < -0.4 is 10.1 Å². The highest BCUT2D eigenvalue weighted by Crippen LogP contribution is 2.28. The number of nitrogens with zero attached hydrogens (tertiary/aromatic N) is 1. The van der Waals surface area contributed by atoms with E-state index < -0.39 is 6.04 Å². The molecule has 0 unspecified atom stereocenters. The van der Waals surface area contributed by atoms with E-state index in [1.54, 1.807) is 37.3 Å². The van der Waals surface area contributed by atoms with Crippen molar-refractivity contribution < 1.29 is 14.3 Å². The molecule has 0 spiro atoms. The van der Waals surface area contributed by atoms with Gasteiger partial charge in [0, 0.05) is 22.6 Å². The van der Waals surface area contributed by atoms with E-state index in [4.69, 9.17) is 27.9 Å². The third-order valence-corrected chi connectivity index (χ3v) is 5.22. The zero-order chi connectivity index (χ0) is 21.6. The van der Waals surface area contributed by atoms with Crippen molar-refractivity contribution in [2.45, 2.75) is 39.4 Å². The van der Waals surface area contributed by atoms with Gasteiger partial charge in [0.1, 0.15) is 11.8 Å². The molecule has 0 heterocycles. The highest BCUT2D eigenvalue weighted by molar-refractivity contribution is 9.10. The Labute approximate surface area is 189 Å². The van der Waals surface area contributed by atoms with Crippen LogP contribution in [-0.2, 0) is 16.1 Å². The molecule has 1 N–H and O–H groups in total. The van der Waals surface area contributed by atoms with Gasteiger partial charge in [0.25, 0.3) is 5.91 Å². The summed E-state index contributed by atoms with van der Waals surface area (Å²) in [6.07, 6.45) is 0. The molecule has 8 heteroatoms. The van der Waals surface area contributed by atoms with E-state index in [-0.39, 0.29) is 31.0 Å². The zero-order valence-corrected chi connectivity index (χ0v) is 19.5. The number of carbonyl (C=O) groups excluding carboxylic acids is 2. The largest absolute Gasteiger partial charge is 0.483 e. The van der Waals surface area contributed by atoms with Gasteiger partial charge in [-0.15, -0.1) is 0 Å². The molecule has 2 rings (SSSR count). The molecule has 1 atom stereocenters. The van der Waals surface area contributed by atoms with E-state index in [1.807, 2.05) is 26.0 Å². The summed E-state index contributed by atoms with van der Waals surface area (Å²) in [5, 5.41) is 4.00. The van der Waals surface area contributed by atoms with Gasteiger partial charge in [-0.2, -0.15) is 0 Å². The topological polar surface area (TPSA) is 58.6 Å². The lowest BCUT2D eigenvalue weighted by Gasteiger charge is -2.29. The van der Waals surface area contributed by atoms with Crippen LogP contribution in [0.2, 0.25) is 10.0 Å². The number of carbonyl (C=O) groups is 2. The molecular weight excluding hydrogens is 479 g/mol. The molecule has 0 aliphatic rings. The van der Waals surface area contributed by atoms with E-state index in [2.05, 4.69) is 21.2 Å². The van der Waals surface area contributed by atoms with E-state index in [0.717, 1.165) is 5.56 Å². The maximum Gasteiger partial charge on any atom is 0.261 e. The number of halogens is 3. The quantitative estimate of drug-likeness (QED) is 0.548. The highest BCUT2D eigenvalue weighted by Gasteiger charge is 2.27. The van der Waals surface area contributed by atoms with E-state index in [0.29, 0.717) is 20.3 Å². The van der Waals surface area contributed by atoms with Crippen LogP contribution in [0.4, 0.5) is 0 Å². The standard InChI is InChI=1S/C21H23BrCl2N2O3/c1-13(2)25-21(28)14(3)26(11-15-4-6-16(23)7-5-15)20(27)12-29-19-9-8-17(24)10-18(19)22/h4-10,13-14H,11-12H2,1-3H3,(H,25,28)/t14-/m0/s1. The Bertz CT molecular complexity index is 860. The van der Waals surface area contributed by atoms with Crippen LogP contribution in [-0.4, -0.2) is 35.4 Å². The molecule has 2 aromatic carbocycles. The van der Waals surface area contributed by atoms with Gasteiger partial charge in [-0.05, 0) is 72.6 Å². The summed E-state index contributed by atoms with van der Waals surface area (Å²) < 4.78 is 6.30. The van der Waals surface area contributed by atoms with Crippen LogP contribution in [0, 0.1) is 0 Å². The second kappa shape index (κ2) is 10.9. The molecule has 0 fully saturated rings. The second-order valence-electron chi connectivity index (χ2n) is 6.85. The highest BCUT2D eigenvalue weighted by atomic mass is 79.9. The maximum atomic E-state index is 13.0. The van der Waals surface area contributed by atoms with E-state index >= 15 is 0 Å². The summed E-state index contributed by atoms with van der Waals surface area (Å²) in [6.45, 7) is 5.49. The lowest BCUT2D eigenvalue weighted by Crippen LogP contribution is -2.50. The van der Waals surface area contributed by atoms with Crippen molar-refractivity contribution in [1.29, 1.82) is 0 Å². The van der Waals surface area contributed by atoms with Crippen LogP contribution >= 0.6 is 39.1 Å². The predicted octanol–water partition coefficient (Wildman–Crippen LogP) is 5.08. The fourth-order valence-corrected chi connectivity index (χ4v) is 3.51. The minimum atomic E-state index is -0.669. The SMILES string of the molecule is CC(C)NC(=O)[C@H](C)N(Cc1ccc(Cl)cc1)C(=O)COc1ccc(Cl)cc1Br. The summed E-state index contributed by atoms with van der Waals surface area (Å²) >= 11 is 15.2. The van der Waals surface area contributed by atoms with Crippen molar-refractivity contribution in [1.82, 2.24) is 10.2 Å². The molecule has 0 bridgehead atoms. The third-order valence-electron chi connectivity index (χ3n) is 4.11. The van der Waals surface area contributed by atoms with Crippen LogP contribution in [0.25, 0.3) is 0 Å². The molecule has 29 heavy (non-hydrogen) atoms. The van der Waals surface area contributed by atoms with Crippen molar-refractivity contribution in [2.75, 3.05) is 6.61 Å². The van der Waals surface area contributed by atoms with Gasteiger partial charge in [0.05, 0.1) is 4.47 Å². The predicted molar refractivity (Wildman–Crippen MR) is 119 cm³/mol. The van der Waals surface area contributed by atoms with Gasteiger partial charge in [-0.25, -0.2) is 0 Å². The molecule has 2 aromatic rings. The Balaban J connectivity index is 2.16. The number of rotatable bonds is 8. The monoisotopic (exact) mass is 500 g/mol. The number of hydrogen-bond acceptors (Lipinski definition) is 3. The molecular formula is C21H23BrCl2N2O3. The Morgan fingerprint density at radius 1 is 1.07 bits per heavy atom. The Morgan fingerprint density at radius 3 is 2.28 bits per heavy atom. The van der Waals surface area contributed by atoms with Crippen LogP contribution in [0.15, 0.2) is 46.9 Å². The fraction of sp³-hybridized carbons (Fsp3) is 0.333. The van der Waals surface area contributed by atoms with Crippen LogP contribution in [0.5, 0.6) is 5.75 Å². The van der Waals surface area contributed by atoms with Crippen molar-refractivity contribution in [3.63, 3.8) is 0 Å². The lowest BCUT2D eigenvalue weighted by atomic mass is 10.1. The van der Waals surface area contributed by atoms with E-state index in [9.17, 15) is 9.59 Å². The van der Waals surface area contributed by atoms with Crippen molar-refractivity contribution in [2.24, 2.45) is 0 Å². The van der Waals surface area contributed by atoms with Gasteiger partial charge in [-0.3, -0.25) is 9.59 Å². The maximum absolute atomic E-state index is 13.0. The Morgan fingerprint density at radius 2 is 1.69 bits per heavy atom. The van der Waals surface area contributed by atoms with Crippen LogP contribution in [0.3, 0.4) is 0 Å². The Hall–Kier alpha value is -1.76. The summed E-state index contributed by atoms with van der Waals surface area (Å²) in [4.78, 5) is 27.0. The molecule has 0 saturated heterocycles. The number of ether oxygens (including phenoxy) is 1. The van der Waals surface area contributed by atoms with Gasteiger partial charge >= 0.3 is 0 Å². The minimum absolute atomic E-state index is 0.0290. The van der Waals surface area contributed by atoms with E-state index in [1.165, 1.54) is 4.90 Å². The van der Waals surface area contributed by atoms with Crippen LogP contribution in [0.1, 0.15) is 26.3 Å². The lowest BCUT2D eigenvalue weighted by molar-refractivity contribution is -0.142. The minimum Gasteiger partial charge on any atom is -0.483 e. The number of benzene rings is 2. The smallest absolute Gasteiger partial charge is 0.261 e. The molecule has 0 saturated carbocycles. The van der Waals surface area contributed by atoms with Gasteiger partial charge in [0.15, 0.2) is 6.61 Å². The average Bonchev–Trinajstić information content (AvgIpc) is 2.65. The number of amides is 2. The first-order valence-corrected chi connectivity index (χ1v) is 10.6. The van der Waals surface area contributed by atoms with Crippen molar-refractivity contribution in [3.8, 4) is 5.75 Å². The number of hydrogen-bond donors (Lipinski definition) is 1. The second-order valence-corrected chi connectivity index (χ2v) is 8.58. The fourth-order valence-electron chi connectivity index (χ4n) is 2.59. The van der Waals surface area contributed by atoms with Crippen molar-refractivity contribution in [3.05, 3.63) is 62.5 Å². The summed E-state index contributed by atoms with van der Waals surface area (Å²) in [7, 11) is 0. The Kier molecular flexibility index (Phi) is 8.80.